The van der Waals surface area contributed by atoms with Crippen LogP contribution in [0.3, 0.4) is 0 Å². The Morgan fingerprint density at radius 2 is 1.64 bits per heavy atom. The van der Waals surface area contributed by atoms with Gasteiger partial charge >= 0.3 is 0 Å². The molecule has 2 atom stereocenters. The average Bonchev–Trinajstić information content (AvgIpc) is 3.40. The molecule has 1 N–H and O–H groups in total. The van der Waals surface area contributed by atoms with E-state index >= 15 is 0 Å². The van der Waals surface area contributed by atoms with Crippen molar-refractivity contribution >= 4 is 81.2 Å². The number of carbonyl (C=O) groups is 2. The number of benzene rings is 3. The molecule has 1 fully saturated rings. The molecule has 3 aromatic carbocycles. The topological polar surface area (TPSA) is 49.4 Å². The molecule has 36 heavy (non-hydrogen) atoms. The van der Waals surface area contributed by atoms with Crippen LogP contribution in [0, 0.1) is 24.1 Å². The van der Waals surface area contributed by atoms with Crippen LogP contribution < -0.4 is 10.2 Å². The highest BCUT2D eigenvalue weighted by Gasteiger charge is 2.67. The van der Waals surface area contributed by atoms with Crippen LogP contribution in [0.4, 0.5) is 15.8 Å². The Bertz CT molecular complexity index is 1370. The summed E-state index contributed by atoms with van der Waals surface area (Å²) in [7, 11) is 0. The first-order valence-electron chi connectivity index (χ1n) is 10.5. The van der Waals surface area contributed by atoms with Gasteiger partial charge in [-0.05, 0) is 66.2 Å². The van der Waals surface area contributed by atoms with Gasteiger partial charge in [0, 0.05) is 27.3 Å². The summed E-state index contributed by atoms with van der Waals surface area (Å²) in [6.07, 6.45) is 5.44. The van der Waals surface area contributed by atoms with Gasteiger partial charge in [-0.3, -0.25) is 14.5 Å². The van der Waals surface area contributed by atoms with Gasteiger partial charge in [0.05, 0.1) is 23.0 Å². The molecular formula is C26H16Cl5FN2O2. The minimum absolute atomic E-state index is 0.0790. The van der Waals surface area contributed by atoms with Crippen LogP contribution in [-0.4, -0.2) is 22.7 Å². The van der Waals surface area contributed by atoms with Crippen molar-refractivity contribution in [3.63, 3.8) is 0 Å². The Balaban J connectivity index is 1.57. The number of rotatable bonds is 6. The summed E-state index contributed by atoms with van der Waals surface area (Å²) in [6.45, 7) is -0.0790. The van der Waals surface area contributed by atoms with Gasteiger partial charge in [0.2, 0.25) is 5.91 Å². The first kappa shape index (κ1) is 26.6. The van der Waals surface area contributed by atoms with E-state index in [4.69, 9.17) is 64.4 Å². The molecule has 3 aromatic rings. The average molecular weight is 585 g/mol. The van der Waals surface area contributed by atoms with E-state index in [-0.39, 0.29) is 17.1 Å². The minimum atomic E-state index is -1.37. The minimum Gasteiger partial charge on any atom is -0.326 e. The third-order valence-electron chi connectivity index (χ3n) is 5.68. The third-order valence-corrected chi connectivity index (χ3v) is 7.38. The van der Waals surface area contributed by atoms with Gasteiger partial charge in [0.1, 0.15) is 10.2 Å². The number of alkyl halides is 2. The van der Waals surface area contributed by atoms with Crippen molar-refractivity contribution in [1.82, 2.24) is 0 Å². The Kier molecular flexibility index (Phi) is 7.75. The molecule has 0 heterocycles. The SMILES string of the molecule is C#CCN(C(=O)c1cc(NC(=O)C2C(c3cc(Cl)cc(Cl)c3)C2(Cl)Cl)ccc1Cl)c1ccc(F)cc1. The first-order valence-corrected chi connectivity index (χ1v) is 12.4. The molecule has 2 unspecified atom stereocenters. The highest BCUT2D eigenvalue weighted by molar-refractivity contribution is 6.53. The molecule has 4 nitrogen and oxygen atoms in total. The van der Waals surface area contributed by atoms with E-state index in [9.17, 15) is 14.0 Å². The van der Waals surface area contributed by atoms with E-state index in [1.807, 2.05) is 0 Å². The van der Waals surface area contributed by atoms with E-state index in [1.165, 1.54) is 47.4 Å². The summed E-state index contributed by atoms with van der Waals surface area (Å²) in [5.74, 6) is -0.352. The lowest BCUT2D eigenvalue weighted by Gasteiger charge is -2.21. The van der Waals surface area contributed by atoms with E-state index in [1.54, 1.807) is 18.2 Å². The van der Waals surface area contributed by atoms with Crippen molar-refractivity contribution in [2.24, 2.45) is 5.92 Å². The van der Waals surface area contributed by atoms with Crippen molar-refractivity contribution in [2.45, 2.75) is 10.3 Å². The number of nitrogens with one attached hydrogen (secondary N) is 1. The maximum absolute atomic E-state index is 13.4. The van der Waals surface area contributed by atoms with E-state index in [2.05, 4.69) is 11.2 Å². The number of anilines is 2. The second-order valence-corrected chi connectivity index (χ2v) is 10.8. The molecule has 1 saturated carbocycles. The number of nitrogens with zero attached hydrogens (tertiary/aromatic N) is 1. The Labute approximate surface area is 232 Å². The summed E-state index contributed by atoms with van der Waals surface area (Å²) >= 11 is 31.3. The summed E-state index contributed by atoms with van der Waals surface area (Å²) in [5.41, 5.74) is 1.41. The fourth-order valence-corrected chi connectivity index (χ4v) is 5.52. The predicted octanol–water partition coefficient (Wildman–Crippen LogP) is 7.59. The maximum atomic E-state index is 13.4. The Hall–Kier alpha value is -2.46. The second kappa shape index (κ2) is 10.5. The quantitative estimate of drug-likeness (QED) is 0.240. The smallest absolute Gasteiger partial charge is 0.260 e. The third kappa shape index (κ3) is 5.44. The van der Waals surface area contributed by atoms with Gasteiger partial charge in [-0.25, -0.2) is 4.39 Å². The number of hydrogen-bond donors (Lipinski definition) is 1. The fraction of sp³-hybridized carbons (Fsp3) is 0.154. The molecule has 0 spiro atoms. The number of halogens is 6. The number of amides is 2. The largest absolute Gasteiger partial charge is 0.326 e. The number of hydrogen-bond acceptors (Lipinski definition) is 2. The van der Waals surface area contributed by atoms with Gasteiger partial charge in [0.15, 0.2) is 0 Å². The molecule has 0 saturated heterocycles. The maximum Gasteiger partial charge on any atom is 0.260 e. The lowest BCUT2D eigenvalue weighted by molar-refractivity contribution is -0.117. The zero-order chi connectivity index (χ0) is 26.2. The Morgan fingerprint density at radius 3 is 2.25 bits per heavy atom. The molecule has 10 heteroatoms. The highest BCUT2D eigenvalue weighted by atomic mass is 35.5. The van der Waals surface area contributed by atoms with Gasteiger partial charge in [0.25, 0.3) is 5.91 Å². The lowest BCUT2D eigenvalue weighted by atomic mass is 10.1. The standard InChI is InChI=1S/C26H16Cl5FN2O2/c1-2-9-34(19-6-3-17(32)4-7-19)25(36)20-13-18(5-8-21(20)29)33-24(35)23-22(26(23,30)31)14-10-15(27)12-16(28)11-14/h1,3-8,10-13,22-23H,9H2,(H,33,35). The monoisotopic (exact) mass is 582 g/mol. The van der Waals surface area contributed by atoms with Crippen molar-refractivity contribution < 1.29 is 14.0 Å². The molecule has 0 aliphatic heterocycles. The van der Waals surface area contributed by atoms with Crippen LogP contribution in [0.15, 0.2) is 60.7 Å². The summed E-state index contributed by atoms with van der Waals surface area (Å²) in [4.78, 5) is 27.6. The van der Waals surface area contributed by atoms with Crippen LogP contribution in [-0.2, 0) is 4.79 Å². The summed E-state index contributed by atoms with van der Waals surface area (Å²) in [6, 6.07) is 14.6. The van der Waals surface area contributed by atoms with Gasteiger partial charge in [-0.1, -0.05) is 40.7 Å². The van der Waals surface area contributed by atoms with Crippen molar-refractivity contribution in [1.29, 1.82) is 0 Å². The van der Waals surface area contributed by atoms with Crippen molar-refractivity contribution in [3.8, 4) is 12.3 Å². The Morgan fingerprint density at radius 1 is 1.00 bits per heavy atom. The zero-order valence-corrected chi connectivity index (χ0v) is 22.0. The van der Waals surface area contributed by atoms with E-state index in [0.717, 1.165) is 0 Å². The van der Waals surface area contributed by atoms with Crippen molar-refractivity contribution in [2.75, 3.05) is 16.8 Å². The van der Waals surface area contributed by atoms with Crippen molar-refractivity contribution in [3.05, 3.63) is 92.7 Å². The first-order chi connectivity index (χ1) is 17.0. The lowest BCUT2D eigenvalue weighted by Crippen LogP contribution is -2.31. The number of terminal acetylenes is 1. The zero-order valence-electron chi connectivity index (χ0n) is 18.2. The summed E-state index contributed by atoms with van der Waals surface area (Å²) < 4.78 is 12.0. The molecule has 4 rings (SSSR count). The molecule has 0 radical (unpaired) electrons. The molecule has 1 aliphatic carbocycles. The van der Waals surface area contributed by atoms with Gasteiger partial charge in [-0.15, -0.1) is 29.6 Å². The van der Waals surface area contributed by atoms with E-state index < -0.39 is 33.8 Å². The molecular weight excluding hydrogens is 569 g/mol. The van der Waals surface area contributed by atoms with Crippen LogP contribution in [0.1, 0.15) is 21.8 Å². The van der Waals surface area contributed by atoms with Crippen LogP contribution in [0.2, 0.25) is 15.1 Å². The predicted molar refractivity (Wildman–Crippen MR) is 144 cm³/mol. The molecule has 184 valence electrons. The van der Waals surface area contributed by atoms with Gasteiger partial charge in [-0.2, -0.15) is 0 Å². The normalized spacial score (nSPS) is 17.7. The van der Waals surface area contributed by atoms with Crippen LogP contribution >= 0.6 is 58.0 Å². The number of carbonyl (C=O) groups excluding carboxylic acids is 2. The molecule has 0 aromatic heterocycles. The van der Waals surface area contributed by atoms with E-state index in [0.29, 0.717) is 27.0 Å². The fourth-order valence-electron chi connectivity index (χ4n) is 3.95. The van der Waals surface area contributed by atoms with Gasteiger partial charge < -0.3 is 5.32 Å². The van der Waals surface area contributed by atoms with Crippen LogP contribution in [0.5, 0.6) is 0 Å². The highest BCUT2D eigenvalue weighted by Crippen LogP contribution is 2.65. The molecule has 2 amide bonds. The molecule has 1 aliphatic rings. The van der Waals surface area contributed by atoms with Crippen LogP contribution in [0.25, 0.3) is 0 Å². The second-order valence-electron chi connectivity index (χ2n) is 8.09. The molecule has 0 bridgehead atoms. The summed E-state index contributed by atoms with van der Waals surface area (Å²) in [5, 5.41) is 3.67.